The van der Waals surface area contributed by atoms with Gasteiger partial charge in [0.25, 0.3) is 0 Å². The zero-order valence-electron chi connectivity index (χ0n) is 15.8. The summed E-state index contributed by atoms with van der Waals surface area (Å²) in [5.41, 5.74) is 4.17. The minimum Gasteiger partial charge on any atom is -0.311 e. The molecule has 2 aromatic rings. The van der Waals surface area contributed by atoms with Crippen molar-refractivity contribution < 1.29 is 13.2 Å². The SMILES string of the molecule is Cc1ccc(CSCC(=O)N2CCc3cc(S(=O)(=O)N(C)C)ccc32)cc1. The van der Waals surface area contributed by atoms with Gasteiger partial charge in [0.15, 0.2) is 0 Å². The van der Waals surface area contributed by atoms with Gasteiger partial charge in [-0.1, -0.05) is 29.8 Å². The Morgan fingerprint density at radius 3 is 2.52 bits per heavy atom. The van der Waals surface area contributed by atoms with Crippen LogP contribution < -0.4 is 4.90 Å². The van der Waals surface area contributed by atoms with Crippen LogP contribution in [0.5, 0.6) is 0 Å². The summed E-state index contributed by atoms with van der Waals surface area (Å²) < 4.78 is 25.8. The van der Waals surface area contributed by atoms with Gasteiger partial charge in [-0.2, -0.15) is 0 Å². The molecule has 0 atom stereocenters. The molecule has 5 nitrogen and oxygen atoms in total. The zero-order valence-corrected chi connectivity index (χ0v) is 17.4. The molecule has 0 aliphatic carbocycles. The van der Waals surface area contributed by atoms with Crippen LogP contribution in [0.1, 0.15) is 16.7 Å². The first-order valence-electron chi connectivity index (χ1n) is 8.78. The number of hydrogen-bond donors (Lipinski definition) is 0. The van der Waals surface area contributed by atoms with Crippen molar-refractivity contribution in [2.75, 3.05) is 31.3 Å². The lowest BCUT2D eigenvalue weighted by Crippen LogP contribution is -2.30. The predicted octanol–water partition coefficient (Wildman–Crippen LogP) is 3.07. The van der Waals surface area contributed by atoms with E-state index in [1.54, 1.807) is 34.9 Å². The maximum absolute atomic E-state index is 12.6. The lowest BCUT2D eigenvalue weighted by molar-refractivity contribution is -0.116. The second kappa shape index (κ2) is 8.04. The van der Waals surface area contributed by atoms with E-state index in [-0.39, 0.29) is 10.8 Å². The van der Waals surface area contributed by atoms with Crippen molar-refractivity contribution in [2.45, 2.75) is 24.0 Å². The molecule has 1 heterocycles. The van der Waals surface area contributed by atoms with E-state index in [0.717, 1.165) is 17.0 Å². The van der Waals surface area contributed by atoms with E-state index >= 15 is 0 Å². The molecule has 1 amide bonds. The average molecular weight is 405 g/mol. The van der Waals surface area contributed by atoms with Crippen LogP contribution in [0.4, 0.5) is 5.69 Å². The minimum absolute atomic E-state index is 0.0640. The lowest BCUT2D eigenvalue weighted by Gasteiger charge is -2.18. The number of fused-ring (bicyclic) bond motifs is 1. The number of benzene rings is 2. The van der Waals surface area contributed by atoms with Crippen molar-refractivity contribution in [3.05, 3.63) is 59.2 Å². The first-order chi connectivity index (χ1) is 12.8. The number of thioether (sulfide) groups is 1. The number of aryl methyl sites for hydroxylation is 1. The van der Waals surface area contributed by atoms with Gasteiger partial charge in [0, 0.05) is 32.1 Å². The van der Waals surface area contributed by atoms with Crippen molar-refractivity contribution in [3.8, 4) is 0 Å². The van der Waals surface area contributed by atoms with Crippen molar-refractivity contribution in [1.29, 1.82) is 0 Å². The molecule has 0 N–H and O–H groups in total. The van der Waals surface area contributed by atoms with E-state index in [4.69, 9.17) is 0 Å². The lowest BCUT2D eigenvalue weighted by atomic mass is 10.2. The standard InChI is InChI=1S/C20H24N2O3S2/c1-15-4-6-16(7-5-15)13-26-14-20(23)22-11-10-17-12-18(8-9-19(17)22)27(24,25)21(2)3/h4-9,12H,10-11,13-14H2,1-3H3. The molecule has 0 bridgehead atoms. The van der Waals surface area contributed by atoms with Crippen LogP contribution in [0.3, 0.4) is 0 Å². The Kier molecular flexibility index (Phi) is 5.93. The molecule has 0 spiro atoms. The highest BCUT2D eigenvalue weighted by Crippen LogP contribution is 2.31. The molecule has 0 saturated carbocycles. The normalized spacial score (nSPS) is 13.9. The van der Waals surface area contributed by atoms with Crippen LogP contribution in [-0.2, 0) is 27.0 Å². The monoisotopic (exact) mass is 404 g/mol. The summed E-state index contributed by atoms with van der Waals surface area (Å²) in [6.45, 7) is 2.66. The number of nitrogens with zero attached hydrogens (tertiary/aromatic N) is 2. The number of carbonyl (C=O) groups is 1. The number of rotatable bonds is 6. The van der Waals surface area contributed by atoms with Crippen molar-refractivity contribution in [2.24, 2.45) is 0 Å². The molecule has 7 heteroatoms. The number of anilines is 1. The highest BCUT2D eigenvalue weighted by Gasteiger charge is 2.27. The molecule has 0 saturated heterocycles. The van der Waals surface area contributed by atoms with Crippen LogP contribution in [0.2, 0.25) is 0 Å². The third-order valence-corrected chi connectivity index (χ3v) is 7.44. The Labute approximate surface area is 165 Å². The van der Waals surface area contributed by atoms with E-state index in [9.17, 15) is 13.2 Å². The summed E-state index contributed by atoms with van der Waals surface area (Å²) in [4.78, 5) is 14.7. The van der Waals surface area contributed by atoms with E-state index < -0.39 is 10.0 Å². The maximum atomic E-state index is 12.6. The zero-order chi connectivity index (χ0) is 19.6. The van der Waals surface area contributed by atoms with E-state index in [1.807, 2.05) is 0 Å². The Morgan fingerprint density at radius 2 is 1.85 bits per heavy atom. The first-order valence-corrected chi connectivity index (χ1v) is 11.4. The first kappa shape index (κ1) is 19.9. The fraction of sp³-hybridized carbons (Fsp3) is 0.350. The van der Waals surface area contributed by atoms with Crippen molar-refractivity contribution >= 4 is 33.4 Å². The Bertz CT molecular complexity index is 938. The van der Waals surface area contributed by atoms with E-state index in [1.165, 1.54) is 29.5 Å². The highest BCUT2D eigenvalue weighted by atomic mass is 32.2. The van der Waals surface area contributed by atoms with Gasteiger partial charge in [0.1, 0.15) is 0 Å². The third kappa shape index (κ3) is 4.36. The Hall–Kier alpha value is -1.83. The summed E-state index contributed by atoms with van der Waals surface area (Å²) in [5.74, 6) is 1.27. The predicted molar refractivity (Wildman–Crippen MR) is 111 cm³/mol. The van der Waals surface area contributed by atoms with Crippen LogP contribution in [-0.4, -0.2) is 45.0 Å². The molecule has 1 aliphatic heterocycles. The largest absolute Gasteiger partial charge is 0.311 e. The molecule has 0 unspecified atom stereocenters. The molecule has 0 aromatic heterocycles. The van der Waals surface area contributed by atoms with E-state index in [2.05, 4.69) is 31.2 Å². The fourth-order valence-corrected chi connectivity index (χ4v) is 4.84. The van der Waals surface area contributed by atoms with Crippen LogP contribution in [0.15, 0.2) is 47.4 Å². The smallest absolute Gasteiger partial charge is 0.242 e. The van der Waals surface area contributed by atoms with Crippen molar-refractivity contribution in [1.82, 2.24) is 4.31 Å². The number of sulfonamides is 1. The number of amides is 1. The second-order valence-electron chi connectivity index (χ2n) is 6.85. The van der Waals surface area contributed by atoms with Gasteiger partial charge >= 0.3 is 0 Å². The molecular formula is C20H24N2O3S2. The molecule has 0 fully saturated rings. The van der Waals surface area contributed by atoms with Gasteiger partial charge in [-0.05, 0) is 42.7 Å². The van der Waals surface area contributed by atoms with E-state index in [0.29, 0.717) is 18.7 Å². The van der Waals surface area contributed by atoms with Crippen LogP contribution in [0, 0.1) is 6.92 Å². The third-order valence-electron chi connectivity index (χ3n) is 4.64. The topological polar surface area (TPSA) is 57.7 Å². The van der Waals surface area contributed by atoms with Gasteiger partial charge in [-0.3, -0.25) is 4.79 Å². The molecule has 144 valence electrons. The summed E-state index contributed by atoms with van der Waals surface area (Å²) in [6, 6.07) is 13.4. The van der Waals surface area contributed by atoms with Crippen molar-refractivity contribution in [3.63, 3.8) is 0 Å². The van der Waals surface area contributed by atoms with Gasteiger partial charge in [0.2, 0.25) is 15.9 Å². The van der Waals surface area contributed by atoms with Gasteiger partial charge in [-0.25, -0.2) is 12.7 Å². The summed E-state index contributed by atoms with van der Waals surface area (Å²) >= 11 is 1.60. The Morgan fingerprint density at radius 1 is 1.15 bits per heavy atom. The summed E-state index contributed by atoms with van der Waals surface area (Å²) in [6.07, 6.45) is 0.681. The molecule has 1 aliphatic rings. The van der Waals surface area contributed by atoms with Gasteiger partial charge < -0.3 is 4.90 Å². The molecule has 3 rings (SSSR count). The molecule has 27 heavy (non-hydrogen) atoms. The average Bonchev–Trinajstić information content (AvgIpc) is 3.06. The maximum Gasteiger partial charge on any atom is 0.242 e. The second-order valence-corrected chi connectivity index (χ2v) is 9.99. The Balaban J connectivity index is 1.64. The van der Waals surface area contributed by atoms with Gasteiger partial charge in [-0.15, -0.1) is 11.8 Å². The molecule has 2 aromatic carbocycles. The quantitative estimate of drug-likeness (QED) is 0.742. The number of hydrogen-bond acceptors (Lipinski definition) is 4. The summed E-state index contributed by atoms with van der Waals surface area (Å²) in [5, 5.41) is 0. The molecular weight excluding hydrogens is 380 g/mol. The fourth-order valence-electron chi connectivity index (χ4n) is 3.03. The van der Waals surface area contributed by atoms with Crippen LogP contribution in [0.25, 0.3) is 0 Å². The molecule has 0 radical (unpaired) electrons. The highest BCUT2D eigenvalue weighted by molar-refractivity contribution is 7.99. The van der Waals surface area contributed by atoms with Crippen LogP contribution >= 0.6 is 11.8 Å². The number of carbonyl (C=O) groups excluding carboxylic acids is 1. The minimum atomic E-state index is -3.46. The summed E-state index contributed by atoms with van der Waals surface area (Å²) in [7, 11) is -0.423. The van der Waals surface area contributed by atoms with Gasteiger partial charge in [0.05, 0.1) is 10.6 Å².